The van der Waals surface area contributed by atoms with Crippen LogP contribution in [0.5, 0.6) is 0 Å². The molecule has 2 fully saturated rings. The first kappa shape index (κ1) is 15.2. The molecule has 0 N–H and O–H groups in total. The highest BCUT2D eigenvalue weighted by Crippen LogP contribution is 2.39. The molecular formula is C17H26N2O. The maximum Gasteiger partial charge on any atom is 0.286 e. The van der Waals surface area contributed by atoms with E-state index in [1.807, 2.05) is 0 Å². The van der Waals surface area contributed by atoms with Crippen LogP contribution in [0.1, 0.15) is 64.2 Å². The summed E-state index contributed by atoms with van der Waals surface area (Å²) in [6.45, 7) is 0.620. The number of hydrogen-bond donors (Lipinski definition) is 0. The fourth-order valence-corrected chi connectivity index (χ4v) is 4.33. The van der Waals surface area contributed by atoms with Crippen molar-refractivity contribution in [3.63, 3.8) is 0 Å². The standard InChI is InChI=1S/C17H26N2O/c18-8-7-14-3-1-4-15(9-14)10-16-5-2-6-17(11-16)12-20-13-19/h14-17H,1-7,9-12H2. The molecule has 0 aromatic carbocycles. The minimum absolute atomic E-state index is 0.590. The van der Waals surface area contributed by atoms with Gasteiger partial charge in [-0.05, 0) is 55.8 Å². The van der Waals surface area contributed by atoms with Crippen LogP contribution in [0.25, 0.3) is 0 Å². The summed E-state index contributed by atoms with van der Waals surface area (Å²) in [6, 6.07) is 2.34. The lowest BCUT2D eigenvalue weighted by Crippen LogP contribution is -2.23. The number of rotatable bonds is 5. The summed E-state index contributed by atoms with van der Waals surface area (Å²) in [7, 11) is 0. The molecule has 0 aliphatic heterocycles. The predicted octanol–water partition coefficient (Wildman–Crippen LogP) is 4.40. The molecule has 3 heteroatoms. The van der Waals surface area contributed by atoms with Crippen LogP contribution < -0.4 is 0 Å². The Labute approximate surface area is 122 Å². The Balaban J connectivity index is 1.75. The molecule has 110 valence electrons. The van der Waals surface area contributed by atoms with Crippen LogP contribution in [0.4, 0.5) is 0 Å². The van der Waals surface area contributed by atoms with E-state index in [4.69, 9.17) is 15.3 Å². The van der Waals surface area contributed by atoms with Crippen molar-refractivity contribution in [1.29, 1.82) is 10.5 Å². The van der Waals surface area contributed by atoms with Crippen molar-refractivity contribution < 1.29 is 4.74 Å². The smallest absolute Gasteiger partial charge is 0.286 e. The first-order chi connectivity index (χ1) is 9.81. The molecule has 0 amide bonds. The molecule has 0 heterocycles. The number of hydrogen-bond acceptors (Lipinski definition) is 3. The summed E-state index contributed by atoms with van der Waals surface area (Å²) in [6.07, 6.45) is 14.2. The Morgan fingerprint density at radius 3 is 2.10 bits per heavy atom. The predicted molar refractivity (Wildman–Crippen MR) is 77.3 cm³/mol. The van der Waals surface area contributed by atoms with Gasteiger partial charge in [-0.1, -0.05) is 25.7 Å². The van der Waals surface area contributed by atoms with Gasteiger partial charge in [-0.2, -0.15) is 10.5 Å². The SMILES string of the molecule is N#CCC1CCCC(CC2CCCC(COC#N)C2)C1. The summed E-state index contributed by atoms with van der Waals surface area (Å²) in [4.78, 5) is 0. The van der Waals surface area contributed by atoms with E-state index in [1.165, 1.54) is 57.8 Å². The monoisotopic (exact) mass is 274 g/mol. The van der Waals surface area contributed by atoms with Gasteiger partial charge in [0.2, 0.25) is 0 Å². The zero-order valence-corrected chi connectivity index (χ0v) is 12.4. The van der Waals surface area contributed by atoms with Gasteiger partial charge in [-0.15, -0.1) is 0 Å². The van der Waals surface area contributed by atoms with E-state index < -0.39 is 0 Å². The third-order valence-corrected chi connectivity index (χ3v) is 5.21. The van der Waals surface area contributed by atoms with E-state index in [9.17, 15) is 0 Å². The van der Waals surface area contributed by atoms with Crippen molar-refractivity contribution in [2.75, 3.05) is 6.61 Å². The molecule has 0 saturated heterocycles. The van der Waals surface area contributed by atoms with Gasteiger partial charge in [0.1, 0.15) is 6.61 Å². The van der Waals surface area contributed by atoms with Crippen molar-refractivity contribution in [3.8, 4) is 12.3 Å². The molecule has 0 aromatic rings. The van der Waals surface area contributed by atoms with Crippen LogP contribution in [-0.4, -0.2) is 6.61 Å². The molecule has 0 radical (unpaired) electrons. The van der Waals surface area contributed by atoms with Crippen LogP contribution in [0.15, 0.2) is 0 Å². The molecule has 4 atom stereocenters. The van der Waals surface area contributed by atoms with Gasteiger partial charge in [0.05, 0.1) is 6.07 Å². The first-order valence-electron chi connectivity index (χ1n) is 8.19. The Hall–Kier alpha value is -1.22. The number of nitriles is 2. The van der Waals surface area contributed by atoms with Crippen molar-refractivity contribution in [2.24, 2.45) is 23.7 Å². The average Bonchev–Trinajstić information content (AvgIpc) is 2.46. The summed E-state index contributed by atoms with van der Waals surface area (Å²) >= 11 is 0. The minimum atomic E-state index is 0.590. The van der Waals surface area contributed by atoms with E-state index >= 15 is 0 Å². The average molecular weight is 274 g/mol. The van der Waals surface area contributed by atoms with Gasteiger partial charge < -0.3 is 4.74 Å². The Kier molecular flexibility index (Phi) is 6.19. The lowest BCUT2D eigenvalue weighted by atomic mass is 9.72. The fraction of sp³-hybridized carbons (Fsp3) is 0.882. The lowest BCUT2D eigenvalue weighted by molar-refractivity contribution is 0.131. The molecular weight excluding hydrogens is 248 g/mol. The maximum absolute atomic E-state index is 8.85. The highest BCUT2D eigenvalue weighted by atomic mass is 16.5. The second kappa shape index (κ2) is 8.15. The third kappa shape index (κ3) is 4.71. The fourth-order valence-electron chi connectivity index (χ4n) is 4.33. The molecule has 2 aliphatic rings. The van der Waals surface area contributed by atoms with Crippen LogP contribution in [0.3, 0.4) is 0 Å². The van der Waals surface area contributed by atoms with Crippen molar-refractivity contribution in [3.05, 3.63) is 0 Å². The Bertz CT molecular complexity index is 368. The van der Waals surface area contributed by atoms with Crippen LogP contribution in [-0.2, 0) is 4.74 Å². The molecule has 0 spiro atoms. The molecule has 2 saturated carbocycles. The molecule has 3 nitrogen and oxygen atoms in total. The summed E-state index contributed by atoms with van der Waals surface area (Å²) < 4.78 is 4.93. The van der Waals surface area contributed by atoms with Gasteiger partial charge >= 0.3 is 0 Å². The lowest BCUT2D eigenvalue weighted by Gasteiger charge is -2.34. The largest absolute Gasteiger partial charge is 0.427 e. The van der Waals surface area contributed by atoms with E-state index in [0.29, 0.717) is 18.4 Å². The first-order valence-corrected chi connectivity index (χ1v) is 8.19. The van der Waals surface area contributed by atoms with Crippen LogP contribution in [0, 0.1) is 46.5 Å². The highest BCUT2D eigenvalue weighted by molar-refractivity contribution is 4.83. The zero-order chi connectivity index (χ0) is 14.2. The van der Waals surface area contributed by atoms with Crippen LogP contribution in [0.2, 0.25) is 0 Å². The van der Waals surface area contributed by atoms with Crippen molar-refractivity contribution in [1.82, 2.24) is 0 Å². The van der Waals surface area contributed by atoms with Gasteiger partial charge in [0.25, 0.3) is 6.26 Å². The second-order valence-electron chi connectivity index (χ2n) is 6.80. The molecule has 2 rings (SSSR count). The van der Waals surface area contributed by atoms with Gasteiger partial charge in [0, 0.05) is 6.42 Å². The van der Waals surface area contributed by atoms with Crippen molar-refractivity contribution >= 4 is 0 Å². The van der Waals surface area contributed by atoms with E-state index in [0.717, 1.165) is 18.3 Å². The molecule has 2 aliphatic carbocycles. The molecule has 4 unspecified atom stereocenters. The number of nitrogens with zero attached hydrogens (tertiary/aromatic N) is 2. The quantitative estimate of drug-likeness (QED) is 0.698. The van der Waals surface area contributed by atoms with E-state index in [1.54, 1.807) is 6.26 Å². The topological polar surface area (TPSA) is 56.8 Å². The Morgan fingerprint density at radius 1 is 0.850 bits per heavy atom. The van der Waals surface area contributed by atoms with Crippen molar-refractivity contribution in [2.45, 2.75) is 64.2 Å². The molecule has 0 aromatic heterocycles. The maximum atomic E-state index is 8.85. The third-order valence-electron chi connectivity index (χ3n) is 5.21. The highest BCUT2D eigenvalue weighted by Gasteiger charge is 2.28. The molecule has 20 heavy (non-hydrogen) atoms. The van der Waals surface area contributed by atoms with E-state index in [-0.39, 0.29) is 0 Å². The minimum Gasteiger partial charge on any atom is -0.427 e. The summed E-state index contributed by atoms with van der Waals surface area (Å²) in [5, 5.41) is 17.4. The second-order valence-corrected chi connectivity index (χ2v) is 6.80. The molecule has 0 bridgehead atoms. The van der Waals surface area contributed by atoms with Crippen LogP contribution >= 0.6 is 0 Å². The van der Waals surface area contributed by atoms with Gasteiger partial charge in [-0.25, -0.2) is 0 Å². The summed E-state index contributed by atoms with van der Waals surface area (Å²) in [5.41, 5.74) is 0. The summed E-state index contributed by atoms with van der Waals surface area (Å²) in [5.74, 6) is 2.90. The van der Waals surface area contributed by atoms with E-state index in [2.05, 4.69) is 6.07 Å². The number of ether oxygens (including phenoxy) is 1. The van der Waals surface area contributed by atoms with Gasteiger partial charge in [-0.3, -0.25) is 0 Å². The van der Waals surface area contributed by atoms with Gasteiger partial charge in [0.15, 0.2) is 0 Å². The normalized spacial score (nSPS) is 33.9. The zero-order valence-electron chi connectivity index (χ0n) is 12.4. The Morgan fingerprint density at radius 2 is 1.45 bits per heavy atom.